The van der Waals surface area contributed by atoms with Gasteiger partial charge in [-0.2, -0.15) is 26.3 Å². The lowest BCUT2D eigenvalue weighted by Crippen LogP contribution is -2.54. The fourth-order valence-corrected chi connectivity index (χ4v) is 4.34. The van der Waals surface area contributed by atoms with Crippen molar-refractivity contribution < 1.29 is 46.8 Å². The Labute approximate surface area is 232 Å². The molecule has 4 rings (SSSR count). The molecule has 4 nitrogen and oxygen atoms in total. The van der Waals surface area contributed by atoms with Crippen molar-refractivity contribution in [3.63, 3.8) is 0 Å². The average molecular weight is 579 g/mol. The van der Waals surface area contributed by atoms with Crippen LogP contribution in [0.1, 0.15) is 33.4 Å². The molecule has 4 aromatic carbocycles. The summed E-state index contributed by atoms with van der Waals surface area (Å²) in [6, 6.07) is 15.1. The first-order chi connectivity index (χ1) is 18.9. The van der Waals surface area contributed by atoms with Crippen LogP contribution in [0.4, 0.5) is 26.3 Å². The van der Waals surface area contributed by atoms with E-state index in [-0.39, 0.29) is 22.6 Å². The second kappa shape index (κ2) is 11.3. The van der Waals surface area contributed by atoms with Gasteiger partial charge in [-0.3, -0.25) is 0 Å². The van der Waals surface area contributed by atoms with Crippen LogP contribution in [0.15, 0.2) is 72.8 Å². The number of phenolic OH excluding ortho intramolecular Hbond substituents is 4. The molecule has 0 aliphatic rings. The smallest absolute Gasteiger partial charge is 0.411 e. The molecular weight excluding hydrogens is 550 g/mol. The third kappa shape index (κ3) is 6.06. The van der Waals surface area contributed by atoms with E-state index in [9.17, 15) is 46.8 Å². The predicted molar refractivity (Wildman–Crippen MR) is 143 cm³/mol. The molecule has 0 fully saturated rings. The molecule has 0 saturated heterocycles. The van der Waals surface area contributed by atoms with Gasteiger partial charge in [0.2, 0.25) is 5.41 Å². The van der Waals surface area contributed by atoms with Crippen molar-refractivity contribution in [1.29, 1.82) is 0 Å². The molecule has 0 aliphatic heterocycles. The first-order valence-corrected chi connectivity index (χ1v) is 12.2. The van der Waals surface area contributed by atoms with Gasteiger partial charge < -0.3 is 20.4 Å². The average Bonchev–Trinajstić information content (AvgIpc) is 2.86. The van der Waals surface area contributed by atoms with E-state index < -0.39 is 40.4 Å². The van der Waals surface area contributed by atoms with E-state index in [0.717, 1.165) is 34.4 Å². The SMILES string of the molecule is Cc1cc(C(c2ccc(O)c(C)c2)(C(F)(F)F)C(F)(F)F)ccc1O.Cc1ccc(-c2ccc(C)c(O)c2)cc1O. The van der Waals surface area contributed by atoms with Gasteiger partial charge in [-0.15, -0.1) is 0 Å². The first kappa shape index (κ1) is 31.2. The maximum Gasteiger partial charge on any atom is 0.411 e. The molecule has 218 valence electrons. The molecule has 0 bridgehead atoms. The number of benzene rings is 4. The monoisotopic (exact) mass is 578 g/mol. The topological polar surface area (TPSA) is 80.9 Å². The van der Waals surface area contributed by atoms with Gasteiger partial charge in [-0.05, 0) is 96.5 Å². The molecule has 41 heavy (non-hydrogen) atoms. The minimum absolute atomic E-state index is 0.120. The molecule has 0 aliphatic carbocycles. The maximum atomic E-state index is 13.9. The van der Waals surface area contributed by atoms with Gasteiger partial charge in [0.1, 0.15) is 23.0 Å². The highest BCUT2D eigenvalue weighted by Crippen LogP contribution is 2.56. The Balaban J connectivity index is 0.000000248. The third-order valence-corrected chi connectivity index (χ3v) is 6.86. The van der Waals surface area contributed by atoms with Gasteiger partial charge in [-0.25, -0.2) is 0 Å². The molecule has 0 amide bonds. The van der Waals surface area contributed by atoms with Crippen LogP contribution in [0.3, 0.4) is 0 Å². The van der Waals surface area contributed by atoms with E-state index in [1.807, 2.05) is 38.1 Å². The van der Waals surface area contributed by atoms with Crippen molar-refractivity contribution in [3.8, 4) is 34.1 Å². The Morgan fingerprint density at radius 1 is 0.415 bits per heavy atom. The van der Waals surface area contributed by atoms with E-state index in [1.165, 1.54) is 13.8 Å². The number of alkyl halides is 6. The molecule has 4 aromatic rings. The van der Waals surface area contributed by atoms with Crippen LogP contribution < -0.4 is 0 Å². The van der Waals surface area contributed by atoms with E-state index in [4.69, 9.17) is 0 Å². The number of hydrogen-bond acceptors (Lipinski definition) is 4. The molecular formula is C31H28F6O4. The van der Waals surface area contributed by atoms with Crippen molar-refractivity contribution in [2.24, 2.45) is 0 Å². The van der Waals surface area contributed by atoms with Crippen molar-refractivity contribution in [2.75, 3.05) is 0 Å². The minimum atomic E-state index is -5.71. The summed E-state index contributed by atoms with van der Waals surface area (Å²) in [5.74, 6) is -0.275. The van der Waals surface area contributed by atoms with E-state index in [2.05, 4.69) is 0 Å². The molecule has 0 saturated carbocycles. The standard InChI is InChI=1S/C17H14F6O2.C14H14O2/c1-9-7-11(3-5-13(9)24)15(16(18,19)20,17(21,22)23)12-4-6-14(25)10(2)8-12;1-9-3-5-11(7-13(9)15)12-6-4-10(2)14(16)8-12/h3-8,24-25H,1-2H3;3-8,15-16H,1-2H3. The molecule has 4 N–H and O–H groups in total. The van der Waals surface area contributed by atoms with Crippen LogP contribution in [0.5, 0.6) is 23.0 Å². The summed E-state index contributed by atoms with van der Waals surface area (Å²) in [6.07, 6.45) is -11.4. The van der Waals surface area contributed by atoms with Crippen molar-refractivity contribution in [2.45, 2.75) is 45.5 Å². The summed E-state index contributed by atoms with van der Waals surface area (Å²) in [5, 5.41) is 38.2. The highest BCUT2D eigenvalue weighted by Gasteiger charge is 2.72. The van der Waals surface area contributed by atoms with Gasteiger partial charge in [0.15, 0.2) is 0 Å². The van der Waals surface area contributed by atoms with E-state index >= 15 is 0 Å². The lowest BCUT2D eigenvalue weighted by atomic mass is 9.72. The highest BCUT2D eigenvalue weighted by atomic mass is 19.4. The number of halogens is 6. The van der Waals surface area contributed by atoms with Crippen LogP contribution >= 0.6 is 0 Å². The fraction of sp³-hybridized carbons (Fsp3) is 0.226. The van der Waals surface area contributed by atoms with E-state index in [1.54, 1.807) is 12.1 Å². The number of rotatable bonds is 3. The van der Waals surface area contributed by atoms with Gasteiger partial charge in [-0.1, -0.05) is 48.5 Å². The molecule has 0 heterocycles. The Kier molecular flexibility index (Phi) is 8.57. The lowest BCUT2D eigenvalue weighted by Gasteiger charge is -2.38. The summed E-state index contributed by atoms with van der Waals surface area (Å²) in [5.41, 5.74) is -3.16. The zero-order valence-corrected chi connectivity index (χ0v) is 22.5. The van der Waals surface area contributed by atoms with Crippen LogP contribution in [-0.4, -0.2) is 32.8 Å². The molecule has 0 aromatic heterocycles. The van der Waals surface area contributed by atoms with Crippen molar-refractivity contribution in [3.05, 3.63) is 106 Å². The summed E-state index contributed by atoms with van der Waals surface area (Å²) in [4.78, 5) is 0. The highest BCUT2D eigenvalue weighted by molar-refractivity contribution is 5.68. The number of hydrogen-bond donors (Lipinski definition) is 4. The lowest BCUT2D eigenvalue weighted by molar-refractivity contribution is -0.288. The van der Waals surface area contributed by atoms with Gasteiger partial charge >= 0.3 is 12.4 Å². The quantitative estimate of drug-likeness (QED) is 0.184. The Hall–Kier alpha value is -4.34. The predicted octanol–water partition coefficient (Wildman–Crippen LogP) is 8.51. The van der Waals surface area contributed by atoms with Gasteiger partial charge in [0.05, 0.1) is 0 Å². The maximum absolute atomic E-state index is 13.9. The second-order valence-corrected chi connectivity index (χ2v) is 9.75. The first-order valence-electron chi connectivity index (χ1n) is 12.2. The van der Waals surface area contributed by atoms with Crippen LogP contribution in [0, 0.1) is 27.7 Å². The third-order valence-electron chi connectivity index (χ3n) is 6.86. The zero-order chi connectivity index (χ0) is 30.9. The van der Waals surface area contributed by atoms with Crippen molar-refractivity contribution >= 4 is 0 Å². The normalized spacial score (nSPS) is 12.0. The second-order valence-electron chi connectivity index (χ2n) is 9.75. The largest absolute Gasteiger partial charge is 0.508 e. The van der Waals surface area contributed by atoms with Gasteiger partial charge in [0.25, 0.3) is 0 Å². The van der Waals surface area contributed by atoms with Crippen molar-refractivity contribution in [1.82, 2.24) is 0 Å². The van der Waals surface area contributed by atoms with Gasteiger partial charge in [0, 0.05) is 0 Å². The molecule has 0 spiro atoms. The summed E-state index contributed by atoms with van der Waals surface area (Å²) < 4.78 is 83.2. The summed E-state index contributed by atoms with van der Waals surface area (Å²) in [6.45, 7) is 6.12. The minimum Gasteiger partial charge on any atom is -0.508 e. The summed E-state index contributed by atoms with van der Waals surface area (Å²) >= 11 is 0. The molecule has 0 unspecified atom stereocenters. The van der Waals surface area contributed by atoms with E-state index in [0.29, 0.717) is 24.3 Å². The number of aromatic hydroxyl groups is 4. The molecule has 10 heteroatoms. The summed E-state index contributed by atoms with van der Waals surface area (Å²) in [7, 11) is 0. The number of aryl methyl sites for hydroxylation is 4. The molecule has 0 atom stereocenters. The Morgan fingerprint density at radius 2 is 0.756 bits per heavy atom. The zero-order valence-electron chi connectivity index (χ0n) is 22.5. The Morgan fingerprint density at radius 3 is 1.02 bits per heavy atom. The van der Waals surface area contributed by atoms with Crippen LogP contribution in [0.25, 0.3) is 11.1 Å². The molecule has 0 radical (unpaired) electrons. The van der Waals surface area contributed by atoms with Crippen LogP contribution in [-0.2, 0) is 5.41 Å². The van der Waals surface area contributed by atoms with Crippen LogP contribution in [0.2, 0.25) is 0 Å². The Bertz CT molecular complexity index is 1440. The number of phenols is 4. The fourth-order valence-electron chi connectivity index (χ4n) is 4.34.